The Labute approximate surface area is 110 Å². The topological polar surface area (TPSA) is 59.2 Å². The molecule has 2 rings (SSSR count). The summed E-state index contributed by atoms with van der Waals surface area (Å²) in [6.07, 6.45) is -4.49. The molecule has 0 radical (unpaired) electrons. The van der Waals surface area contributed by atoms with Gasteiger partial charge in [-0.15, -0.1) is 13.2 Å². The highest BCUT2D eigenvalue weighted by Crippen LogP contribution is 2.34. The molecule has 1 aromatic carbocycles. The van der Waals surface area contributed by atoms with E-state index in [0.717, 1.165) is 12.1 Å². The first-order chi connectivity index (χ1) is 9.40. The number of ether oxygens (including phenoxy) is 1. The van der Waals surface area contributed by atoms with Crippen LogP contribution in [0.3, 0.4) is 0 Å². The summed E-state index contributed by atoms with van der Waals surface area (Å²) in [7, 11) is 0. The Morgan fingerprint density at radius 1 is 1.05 bits per heavy atom. The molecule has 1 N–H and O–H groups in total. The van der Waals surface area contributed by atoms with E-state index in [-0.39, 0.29) is 16.8 Å². The molecule has 20 heavy (non-hydrogen) atoms. The van der Waals surface area contributed by atoms with Crippen LogP contribution >= 0.6 is 0 Å². The molecular weight excluding hydrogens is 275 g/mol. The second-order valence-corrected chi connectivity index (χ2v) is 3.81. The zero-order chi connectivity index (χ0) is 14.8. The smallest absolute Gasteiger partial charge is 0.405 e. The molecule has 4 nitrogen and oxygen atoms in total. The molecule has 7 heteroatoms. The number of pyridine rings is 1. The quantitative estimate of drug-likeness (QED) is 0.881. The van der Waals surface area contributed by atoms with Gasteiger partial charge in [-0.2, -0.15) is 0 Å². The molecule has 0 aliphatic rings. The molecule has 1 aromatic heterocycles. The maximum absolute atomic E-state index is 12.3. The highest BCUT2D eigenvalue weighted by atomic mass is 19.4. The molecule has 1 heterocycles. The van der Waals surface area contributed by atoms with E-state index in [1.54, 1.807) is 0 Å². The summed E-state index contributed by atoms with van der Waals surface area (Å²) < 4.78 is 40.9. The fraction of sp³-hybridized carbons (Fsp3) is 0.0769. The summed E-state index contributed by atoms with van der Waals surface area (Å²) in [6.45, 7) is 0. The van der Waals surface area contributed by atoms with Crippen LogP contribution in [-0.2, 0) is 0 Å². The predicted octanol–water partition coefficient (Wildman–Crippen LogP) is 2.75. The number of nitrogens with one attached hydrogen (secondary N) is 1. The Kier molecular flexibility index (Phi) is 3.60. The monoisotopic (exact) mass is 283 g/mol. The van der Waals surface area contributed by atoms with Gasteiger partial charge >= 0.3 is 6.36 Å². The number of benzene rings is 1. The third kappa shape index (κ3) is 3.05. The molecule has 0 unspecified atom stereocenters. The van der Waals surface area contributed by atoms with Gasteiger partial charge in [0, 0.05) is 17.2 Å². The number of hydrogen-bond donors (Lipinski definition) is 1. The minimum atomic E-state index is -4.85. The minimum absolute atomic E-state index is 0.0585. The first kappa shape index (κ1) is 13.9. The molecule has 2 aromatic rings. The van der Waals surface area contributed by atoms with E-state index < -0.39 is 17.7 Å². The number of aldehydes is 1. The van der Waals surface area contributed by atoms with Gasteiger partial charge in [-0.05, 0) is 12.1 Å². The van der Waals surface area contributed by atoms with Gasteiger partial charge in [0.2, 0.25) is 5.56 Å². The van der Waals surface area contributed by atoms with Crippen LogP contribution in [0.1, 0.15) is 10.5 Å². The fourth-order valence-corrected chi connectivity index (χ4v) is 1.72. The lowest BCUT2D eigenvalue weighted by Gasteiger charge is -2.13. The van der Waals surface area contributed by atoms with Crippen molar-refractivity contribution in [3.63, 3.8) is 0 Å². The molecule has 0 spiro atoms. The van der Waals surface area contributed by atoms with Crippen molar-refractivity contribution in [1.82, 2.24) is 4.98 Å². The van der Waals surface area contributed by atoms with E-state index in [9.17, 15) is 22.8 Å². The summed E-state index contributed by atoms with van der Waals surface area (Å²) >= 11 is 0. The summed E-state index contributed by atoms with van der Waals surface area (Å²) in [5.41, 5.74) is -0.427. The van der Waals surface area contributed by atoms with Crippen LogP contribution in [0.4, 0.5) is 13.2 Å². The van der Waals surface area contributed by atoms with Crippen molar-refractivity contribution in [3.8, 4) is 16.9 Å². The second-order valence-electron chi connectivity index (χ2n) is 3.81. The standard InChI is InChI=1S/C13H8F3NO3/c14-13(15,16)20-11-4-2-1-3-9(11)8-5-6-12(19)17-10(8)7-18/h1-7H,(H,17,19). The number of aromatic amines is 1. The molecule has 0 amide bonds. The van der Waals surface area contributed by atoms with Gasteiger partial charge in [0.15, 0.2) is 6.29 Å². The zero-order valence-electron chi connectivity index (χ0n) is 9.90. The number of carbonyl (C=O) groups excluding carboxylic acids is 1. The highest BCUT2D eigenvalue weighted by Gasteiger charge is 2.32. The third-order valence-electron chi connectivity index (χ3n) is 2.47. The summed E-state index contributed by atoms with van der Waals surface area (Å²) in [5, 5.41) is 0. The largest absolute Gasteiger partial charge is 0.573 e. The zero-order valence-corrected chi connectivity index (χ0v) is 9.90. The molecule has 0 atom stereocenters. The number of rotatable bonds is 3. The van der Waals surface area contributed by atoms with Crippen molar-refractivity contribution in [3.05, 3.63) is 52.4 Å². The predicted molar refractivity (Wildman–Crippen MR) is 64.6 cm³/mol. The maximum atomic E-state index is 12.3. The van der Waals surface area contributed by atoms with Crippen LogP contribution in [0.15, 0.2) is 41.2 Å². The molecule has 0 saturated heterocycles. The van der Waals surface area contributed by atoms with Crippen LogP contribution in [0.2, 0.25) is 0 Å². The second kappa shape index (κ2) is 5.20. The Hall–Kier alpha value is -2.57. The van der Waals surface area contributed by atoms with Crippen LogP contribution < -0.4 is 10.3 Å². The van der Waals surface area contributed by atoms with E-state index in [0.29, 0.717) is 6.29 Å². The lowest BCUT2D eigenvalue weighted by molar-refractivity contribution is -0.274. The summed E-state index contributed by atoms with van der Waals surface area (Å²) in [6, 6.07) is 7.74. The van der Waals surface area contributed by atoms with E-state index in [1.165, 1.54) is 24.3 Å². The van der Waals surface area contributed by atoms with Gasteiger partial charge in [0.25, 0.3) is 0 Å². The van der Waals surface area contributed by atoms with E-state index in [4.69, 9.17) is 0 Å². The van der Waals surface area contributed by atoms with Crippen molar-refractivity contribution in [2.75, 3.05) is 0 Å². The lowest BCUT2D eigenvalue weighted by Crippen LogP contribution is -2.18. The van der Waals surface area contributed by atoms with Crippen LogP contribution in [0.5, 0.6) is 5.75 Å². The van der Waals surface area contributed by atoms with Gasteiger partial charge in [-0.25, -0.2) is 0 Å². The maximum Gasteiger partial charge on any atom is 0.573 e. The van der Waals surface area contributed by atoms with Gasteiger partial charge in [-0.1, -0.05) is 18.2 Å². The van der Waals surface area contributed by atoms with Gasteiger partial charge < -0.3 is 9.72 Å². The first-order valence-electron chi connectivity index (χ1n) is 5.44. The summed E-state index contributed by atoms with van der Waals surface area (Å²) in [5.74, 6) is -0.449. The van der Waals surface area contributed by atoms with Crippen molar-refractivity contribution in [2.45, 2.75) is 6.36 Å². The van der Waals surface area contributed by atoms with Crippen molar-refractivity contribution in [2.24, 2.45) is 0 Å². The number of alkyl halides is 3. The molecule has 0 fully saturated rings. The minimum Gasteiger partial charge on any atom is -0.405 e. The van der Waals surface area contributed by atoms with Gasteiger partial charge in [0.1, 0.15) is 5.75 Å². The van der Waals surface area contributed by atoms with E-state index in [2.05, 4.69) is 9.72 Å². The van der Waals surface area contributed by atoms with Crippen LogP contribution in [-0.4, -0.2) is 17.6 Å². The first-order valence-corrected chi connectivity index (χ1v) is 5.44. The number of hydrogen-bond acceptors (Lipinski definition) is 3. The van der Waals surface area contributed by atoms with E-state index in [1.807, 2.05) is 0 Å². The molecule has 0 bridgehead atoms. The molecule has 0 aliphatic heterocycles. The number of H-pyrrole nitrogens is 1. The van der Waals surface area contributed by atoms with Crippen LogP contribution in [0, 0.1) is 0 Å². The Balaban J connectivity index is 2.59. The number of para-hydroxylation sites is 1. The Morgan fingerprint density at radius 2 is 1.75 bits per heavy atom. The lowest BCUT2D eigenvalue weighted by atomic mass is 10.0. The average Bonchev–Trinajstić information content (AvgIpc) is 2.38. The summed E-state index contributed by atoms with van der Waals surface area (Å²) in [4.78, 5) is 24.3. The van der Waals surface area contributed by atoms with E-state index >= 15 is 0 Å². The van der Waals surface area contributed by atoms with Crippen molar-refractivity contribution < 1.29 is 22.7 Å². The average molecular weight is 283 g/mol. The number of carbonyl (C=O) groups is 1. The Morgan fingerprint density at radius 3 is 2.40 bits per heavy atom. The molecule has 0 saturated carbocycles. The number of halogens is 3. The fourth-order valence-electron chi connectivity index (χ4n) is 1.72. The number of aromatic nitrogens is 1. The normalized spacial score (nSPS) is 11.2. The molecular formula is C13H8F3NO3. The Bertz CT molecular complexity index is 692. The highest BCUT2D eigenvalue weighted by molar-refractivity contribution is 5.86. The SMILES string of the molecule is O=Cc1[nH]c(=O)ccc1-c1ccccc1OC(F)(F)F. The van der Waals surface area contributed by atoms with Crippen molar-refractivity contribution in [1.29, 1.82) is 0 Å². The van der Waals surface area contributed by atoms with Crippen LogP contribution in [0.25, 0.3) is 11.1 Å². The molecule has 0 aliphatic carbocycles. The van der Waals surface area contributed by atoms with Gasteiger partial charge in [0.05, 0.1) is 5.69 Å². The molecule has 104 valence electrons. The van der Waals surface area contributed by atoms with Gasteiger partial charge in [-0.3, -0.25) is 9.59 Å². The van der Waals surface area contributed by atoms with Crippen molar-refractivity contribution >= 4 is 6.29 Å². The third-order valence-corrected chi connectivity index (χ3v) is 2.47.